The molecule has 0 amide bonds. The van der Waals surface area contributed by atoms with Gasteiger partial charge in [0.15, 0.2) is 0 Å². The van der Waals surface area contributed by atoms with Crippen molar-refractivity contribution in [3.05, 3.63) is 80.0 Å². The van der Waals surface area contributed by atoms with Crippen LogP contribution in [0.5, 0.6) is 0 Å². The van der Waals surface area contributed by atoms with Gasteiger partial charge in [0.25, 0.3) is 5.56 Å². The van der Waals surface area contributed by atoms with Crippen LogP contribution in [0.2, 0.25) is 0 Å². The quantitative estimate of drug-likeness (QED) is 0.603. The van der Waals surface area contributed by atoms with Crippen molar-refractivity contribution in [3.8, 4) is 0 Å². The van der Waals surface area contributed by atoms with Crippen LogP contribution in [0.1, 0.15) is 10.6 Å². The lowest BCUT2D eigenvalue weighted by molar-refractivity contribution is 0.285. The molecule has 0 radical (unpaired) electrons. The molecule has 118 valence electrons. The maximum Gasteiger partial charge on any atom is 0.258 e. The van der Waals surface area contributed by atoms with E-state index in [0.717, 1.165) is 22.6 Å². The number of thiophene rings is 1. The highest BCUT2D eigenvalue weighted by Gasteiger charge is 2.10. The van der Waals surface area contributed by atoms with E-state index in [1.54, 1.807) is 28.0 Å². The Balaban J connectivity index is 1.84. The Morgan fingerprint density at radius 2 is 2.17 bits per heavy atom. The summed E-state index contributed by atoms with van der Waals surface area (Å²) in [6.07, 6.45) is 3.61. The third-order valence-electron chi connectivity index (χ3n) is 3.41. The first-order valence-electron chi connectivity index (χ1n) is 7.20. The first-order valence-corrected chi connectivity index (χ1v) is 8.81. The van der Waals surface area contributed by atoms with Crippen LogP contribution in [0.25, 0.3) is 5.65 Å². The van der Waals surface area contributed by atoms with Crippen molar-refractivity contribution in [3.63, 3.8) is 0 Å². The zero-order valence-electron chi connectivity index (χ0n) is 12.5. The molecule has 0 unspecified atom stereocenters. The molecular formula is C17H16BrN3OS. The van der Waals surface area contributed by atoms with Crippen LogP contribution in [0.4, 0.5) is 0 Å². The van der Waals surface area contributed by atoms with Crippen molar-refractivity contribution < 1.29 is 0 Å². The summed E-state index contributed by atoms with van der Waals surface area (Å²) in [7, 11) is 0. The van der Waals surface area contributed by atoms with Gasteiger partial charge in [-0.2, -0.15) is 0 Å². The number of fused-ring (bicyclic) bond motifs is 1. The first kappa shape index (κ1) is 16.1. The SMILES string of the molecule is C=CCN(Cc1cc(=O)n2ccccc2n1)Cc1ccc(Br)s1. The predicted octanol–water partition coefficient (Wildman–Crippen LogP) is 3.71. The molecule has 4 nitrogen and oxygen atoms in total. The fourth-order valence-electron chi connectivity index (χ4n) is 2.44. The third kappa shape index (κ3) is 3.96. The fourth-order valence-corrected chi connectivity index (χ4v) is 3.96. The molecule has 0 atom stereocenters. The smallest absolute Gasteiger partial charge is 0.258 e. The molecule has 0 aliphatic carbocycles. The lowest BCUT2D eigenvalue weighted by atomic mass is 10.3. The molecule has 0 spiro atoms. The Kier molecular flexibility index (Phi) is 5.05. The molecule has 0 N–H and O–H groups in total. The maximum absolute atomic E-state index is 12.2. The molecule has 0 bridgehead atoms. The molecule has 3 rings (SSSR count). The van der Waals surface area contributed by atoms with Gasteiger partial charge in [-0.1, -0.05) is 12.1 Å². The summed E-state index contributed by atoms with van der Waals surface area (Å²) >= 11 is 5.20. The minimum Gasteiger partial charge on any atom is -0.289 e. The predicted molar refractivity (Wildman–Crippen MR) is 97.8 cm³/mol. The number of pyridine rings is 1. The zero-order valence-corrected chi connectivity index (χ0v) is 14.9. The van der Waals surface area contributed by atoms with Crippen LogP contribution in [-0.2, 0) is 13.1 Å². The van der Waals surface area contributed by atoms with E-state index in [4.69, 9.17) is 0 Å². The highest BCUT2D eigenvalue weighted by molar-refractivity contribution is 9.11. The summed E-state index contributed by atoms with van der Waals surface area (Å²) in [4.78, 5) is 20.2. The highest BCUT2D eigenvalue weighted by Crippen LogP contribution is 2.23. The average Bonchev–Trinajstić information content (AvgIpc) is 2.93. The summed E-state index contributed by atoms with van der Waals surface area (Å²) in [6.45, 7) is 5.98. The molecule has 3 heterocycles. The second-order valence-electron chi connectivity index (χ2n) is 5.18. The molecule has 0 aliphatic rings. The number of hydrogen-bond donors (Lipinski definition) is 0. The van der Waals surface area contributed by atoms with E-state index in [0.29, 0.717) is 12.2 Å². The van der Waals surface area contributed by atoms with E-state index in [9.17, 15) is 4.79 Å². The zero-order chi connectivity index (χ0) is 16.2. The van der Waals surface area contributed by atoms with Gasteiger partial charge in [0, 0.05) is 36.8 Å². The topological polar surface area (TPSA) is 37.6 Å². The molecule has 0 aromatic carbocycles. The fraction of sp³-hybridized carbons (Fsp3) is 0.176. The number of rotatable bonds is 6. The Bertz CT molecular complexity index is 887. The van der Waals surface area contributed by atoms with E-state index >= 15 is 0 Å². The summed E-state index contributed by atoms with van der Waals surface area (Å²) in [6, 6.07) is 11.3. The Labute approximate surface area is 146 Å². The van der Waals surface area contributed by atoms with Gasteiger partial charge >= 0.3 is 0 Å². The number of aromatic nitrogens is 2. The van der Waals surface area contributed by atoms with Gasteiger partial charge in [0.1, 0.15) is 5.65 Å². The monoisotopic (exact) mass is 389 g/mol. The van der Waals surface area contributed by atoms with E-state index in [1.807, 2.05) is 30.3 Å². The molecule has 3 aromatic rings. The Morgan fingerprint density at radius 1 is 1.30 bits per heavy atom. The van der Waals surface area contributed by atoms with E-state index in [2.05, 4.69) is 38.5 Å². The van der Waals surface area contributed by atoms with Crippen LogP contribution in [0, 0.1) is 0 Å². The van der Waals surface area contributed by atoms with Crippen LogP contribution < -0.4 is 5.56 Å². The van der Waals surface area contributed by atoms with Crippen molar-refractivity contribution in [2.45, 2.75) is 13.1 Å². The van der Waals surface area contributed by atoms with Gasteiger partial charge in [-0.05, 0) is 40.2 Å². The summed E-state index contributed by atoms with van der Waals surface area (Å²) in [5, 5.41) is 0. The van der Waals surface area contributed by atoms with E-state index in [1.165, 1.54) is 4.88 Å². The highest BCUT2D eigenvalue weighted by atomic mass is 79.9. The van der Waals surface area contributed by atoms with Crippen molar-refractivity contribution in [1.29, 1.82) is 0 Å². The second-order valence-corrected chi connectivity index (χ2v) is 7.73. The van der Waals surface area contributed by atoms with Crippen molar-refractivity contribution >= 4 is 32.9 Å². The van der Waals surface area contributed by atoms with E-state index in [-0.39, 0.29) is 5.56 Å². The van der Waals surface area contributed by atoms with Gasteiger partial charge in [-0.3, -0.25) is 14.1 Å². The third-order valence-corrected chi connectivity index (χ3v) is 5.01. The Morgan fingerprint density at radius 3 is 2.91 bits per heavy atom. The van der Waals surface area contributed by atoms with Gasteiger partial charge in [-0.25, -0.2) is 4.98 Å². The average molecular weight is 390 g/mol. The normalized spacial score (nSPS) is 11.2. The van der Waals surface area contributed by atoms with Crippen molar-refractivity contribution in [2.24, 2.45) is 0 Å². The van der Waals surface area contributed by atoms with Crippen LogP contribution in [0.15, 0.2) is 63.8 Å². The van der Waals surface area contributed by atoms with Gasteiger partial charge in [0.05, 0.1) is 9.48 Å². The lowest BCUT2D eigenvalue weighted by Crippen LogP contribution is -2.25. The minimum atomic E-state index is -0.0528. The van der Waals surface area contributed by atoms with Crippen LogP contribution in [0.3, 0.4) is 0 Å². The number of halogens is 1. The molecule has 0 saturated heterocycles. The summed E-state index contributed by atoms with van der Waals surface area (Å²) < 4.78 is 2.67. The van der Waals surface area contributed by atoms with Crippen LogP contribution >= 0.6 is 27.3 Å². The maximum atomic E-state index is 12.2. The molecule has 23 heavy (non-hydrogen) atoms. The largest absolute Gasteiger partial charge is 0.289 e. The summed E-state index contributed by atoms with van der Waals surface area (Å²) in [5.41, 5.74) is 1.40. The second kappa shape index (κ2) is 7.21. The standard InChI is InChI=1S/C17H16BrN3OS/c1-2-8-20(12-14-6-7-15(18)23-14)11-13-10-17(22)21-9-4-3-5-16(21)19-13/h2-7,9-10H,1,8,11-12H2. The van der Waals surface area contributed by atoms with Crippen molar-refractivity contribution in [2.75, 3.05) is 6.54 Å². The number of hydrogen-bond acceptors (Lipinski definition) is 4. The molecule has 0 aliphatic heterocycles. The van der Waals surface area contributed by atoms with Gasteiger partial charge in [0.2, 0.25) is 0 Å². The molecule has 0 saturated carbocycles. The number of nitrogens with zero attached hydrogens (tertiary/aromatic N) is 3. The molecular weight excluding hydrogens is 374 g/mol. The van der Waals surface area contributed by atoms with E-state index < -0.39 is 0 Å². The van der Waals surface area contributed by atoms with Gasteiger partial charge < -0.3 is 0 Å². The Hall–Kier alpha value is -1.76. The lowest BCUT2D eigenvalue weighted by Gasteiger charge is -2.19. The van der Waals surface area contributed by atoms with Gasteiger partial charge in [-0.15, -0.1) is 17.9 Å². The minimum absolute atomic E-state index is 0.0528. The molecule has 6 heteroatoms. The molecule has 0 fully saturated rings. The first-order chi connectivity index (χ1) is 11.2. The van der Waals surface area contributed by atoms with Crippen LogP contribution in [-0.4, -0.2) is 20.8 Å². The van der Waals surface area contributed by atoms with Crippen molar-refractivity contribution in [1.82, 2.24) is 14.3 Å². The summed E-state index contributed by atoms with van der Waals surface area (Å²) in [5.74, 6) is 0. The molecule has 3 aromatic heterocycles.